The lowest BCUT2D eigenvalue weighted by Crippen LogP contribution is -2.16. The Kier molecular flexibility index (Phi) is 4.18. The molecule has 1 aliphatic rings. The largest absolute Gasteiger partial charge is 0.0622 e. The average Bonchev–Trinajstić information content (AvgIpc) is 3.05. The standard InChI is InChI=1S/C33H30/c1-32(2,3)22-15-18-30-28(19-22)26-17-16-25-23-13-9-10-14-24(23)27(21-11-7-6-8-12-21)20-29(25)31(26)33(30,4)5/h6-20H,1-5H3. The predicted molar refractivity (Wildman–Crippen MR) is 143 cm³/mol. The van der Waals surface area contributed by atoms with Gasteiger partial charge in [0.1, 0.15) is 0 Å². The zero-order valence-corrected chi connectivity index (χ0v) is 20.2. The fourth-order valence-corrected chi connectivity index (χ4v) is 5.85. The maximum Gasteiger partial charge on any atom is 0.0165 e. The molecule has 5 aromatic rings. The van der Waals surface area contributed by atoms with Crippen LogP contribution in [0.5, 0.6) is 0 Å². The van der Waals surface area contributed by atoms with Gasteiger partial charge in [-0.15, -0.1) is 0 Å². The minimum atomic E-state index is -0.0446. The molecule has 0 heterocycles. The third-order valence-corrected chi connectivity index (χ3v) is 7.60. The lowest BCUT2D eigenvalue weighted by molar-refractivity contribution is 0.589. The van der Waals surface area contributed by atoms with Crippen LogP contribution in [0.15, 0.2) is 91.0 Å². The molecule has 0 saturated carbocycles. The summed E-state index contributed by atoms with van der Waals surface area (Å²) < 4.78 is 0. The third-order valence-electron chi connectivity index (χ3n) is 7.60. The quantitative estimate of drug-likeness (QED) is 0.234. The fraction of sp³-hybridized carbons (Fsp3) is 0.212. The highest BCUT2D eigenvalue weighted by Crippen LogP contribution is 2.53. The van der Waals surface area contributed by atoms with Crippen molar-refractivity contribution in [1.82, 2.24) is 0 Å². The first kappa shape index (κ1) is 20.2. The molecule has 0 bridgehead atoms. The number of fused-ring (bicyclic) bond motifs is 7. The minimum Gasteiger partial charge on any atom is -0.0622 e. The van der Waals surface area contributed by atoms with E-state index in [2.05, 4.69) is 126 Å². The van der Waals surface area contributed by atoms with Crippen molar-refractivity contribution in [2.24, 2.45) is 0 Å². The van der Waals surface area contributed by atoms with Gasteiger partial charge in [-0.1, -0.05) is 120 Å². The molecule has 6 rings (SSSR count). The highest BCUT2D eigenvalue weighted by Gasteiger charge is 2.37. The highest BCUT2D eigenvalue weighted by atomic mass is 14.4. The Labute approximate surface area is 196 Å². The van der Waals surface area contributed by atoms with Crippen molar-refractivity contribution in [1.29, 1.82) is 0 Å². The maximum absolute atomic E-state index is 2.45. The highest BCUT2D eigenvalue weighted by molar-refractivity contribution is 6.16. The van der Waals surface area contributed by atoms with Gasteiger partial charge in [0.2, 0.25) is 0 Å². The van der Waals surface area contributed by atoms with Crippen molar-refractivity contribution in [3.63, 3.8) is 0 Å². The van der Waals surface area contributed by atoms with Crippen molar-refractivity contribution in [3.8, 4) is 22.3 Å². The number of benzene rings is 5. The summed E-state index contributed by atoms with van der Waals surface area (Å²) in [5.41, 5.74) is 9.77. The van der Waals surface area contributed by atoms with Crippen molar-refractivity contribution in [3.05, 3.63) is 108 Å². The molecule has 1 aliphatic carbocycles. The monoisotopic (exact) mass is 426 g/mol. The molecule has 0 amide bonds. The van der Waals surface area contributed by atoms with E-state index in [1.165, 1.54) is 60.5 Å². The maximum atomic E-state index is 2.45. The van der Waals surface area contributed by atoms with Crippen LogP contribution >= 0.6 is 0 Å². The smallest absolute Gasteiger partial charge is 0.0165 e. The van der Waals surface area contributed by atoms with E-state index in [1.807, 2.05) is 0 Å². The first-order valence-corrected chi connectivity index (χ1v) is 12.0. The lowest BCUT2D eigenvalue weighted by Gasteiger charge is -2.25. The van der Waals surface area contributed by atoms with E-state index >= 15 is 0 Å². The summed E-state index contributed by atoms with van der Waals surface area (Å²) in [5.74, 6) is 0. The summed E-state index contributed by atoms with van der Waals surface area (Å²) >= 11 is 0. The van der Waals surface area contributed by atoms with Crippen molar-refractivity contribution >= 4 is 21.5 Å². The Balaban J connectivity index is 1.73. The topological polar surface area (TPSA) is 0 Å². The molecule has 0 unspecified atom stereocenters. The van der Waals surface area contributed by atoms with E-state index in [1.54, 1.807) is 0 Å². The van der Waals surface area contributed by atoms with Crippen LogP contribution in [0.25, 0.3) is 43.8 Å². The van der Waals surface area contributed by atoms with Gasteiger partial charge < -0.3 is 0 Å². The summed E-state index contributed by atoms with van der Waals surface area (Å²) in [6.45, 7) is 11.7. The van der Waals surface area contributed by atoms with Gasteiger partial charge in [-0.3, -0.25) is 0 Å². The summed E-state index contributed by atoms with van der Waals surface area (Å²) in [5, 5.41) is 5.38. The third kappa shape index (κ3) is 2.90. The zero-order valence-electron chi connectivity index (χ0n) is 20.2. The molecule has 0 nitrogen and oxygen atoms in total. The van der Waals surface area contributed by atoms with Crippen LogP contribution in [0, 0.1) is 0 Å². The van der Waals surface area contributed by atoms with E-state index in [0.29, 0.717) is 0 Å². The molecule has 0 spiro atoms. The predicted octanol–water partition coefficient (Wildman–Crippen LogP) is 9.26. The van der Waals surface area contributed by atoms with Crippen LogP contribution in [0.4, 0.5) is 0 Å². The number of rotatable bonds is 1. The fourth-order valence-electron chi connectivity index (χ4n) is 5.85. The van der Waals surface area contributed by atoms with Gasteiger partial charge in [-0.25, -0.2) is 0 Å². The molecule has 0 saturated heterocycles. The van der Waals surface area contributed by atoms with E-state index in [4.69, 9.17) is 0 Å². The molecule has 5 aromatic carbocycles. The second kappa shape index (κ2) is 6.81. The van der Waals surface area contributed by atoms with Gasteiger partial charge >= 0.3 is 0 Å². The summed E-state index contributed by atoms with van der Waals surface area (Å²) in [6, 6.07) is 34.0. The van der Waals surface area contributed by atoms with Crippen molar-refractivity contribution in [2.75, 3.05) is 0 Å². The first-order chi connectivity index (χ1) is 15.8. The van der Waals surface area contributed by atoms with Crippen LogP contribution in [0.2, 0.25) is 0 Å². The first-order valence-electron chi connectivity index (χ1n) is 12.0. The molecule has 0 atom stereocenters. The van der Waals surface area contributed by atoms with Crippen molar-refractivity contribution < 1.29 is 0 Å². The zero-order chi connectivity index (χ0) is 23.0. The lowest BCUT2D eigenvalue weighted by atomic mass is 9.78. The van der Waals surface area contributed by atoms with Gasteiger partial charge in [0.05, 0.1) is 0 Å². The number of hydrogen-bond donors (Lipinski definition) is 0. The van der Waals surface area contributed by atoms with Gasteiger partial charge in [-0.2, -0.15) is 0 Å². The molecule has 0 aliphatic heterocycles. The minimum absolute atomic E-state index is 0.0446. The Morgan fingerprint density at radius 3 is 1.94 bits per heavy atom. The summed E-state index contributed by atoms with van der Waals surface area (Å²) in [4.78, 5) is 0. The van der Waals surface area contributed by atoms with Crippen LogP contribution in [-0.2, 0) is 10.8 Å². The molecule has 0 radical (unpaired) electrons. The van der Waals surface area contributed by atoms with Gasteiger partial charge in [-0.05, 0) is 72.0 Å². The molecule has 0 fully saturated rings. The van der Waals surface area contributed by atoms with E-state index in [9.17, 15) is 0 Å². The van der Waals surface area contributed by atoms with E-state index in [0.717, 1.165) is 0 Å². The normalized spacial score (nSPS) is 14.5. The van der Waals surface area contributed by atoms with Crippen molar-refractivity contribution in [2.45, 2.75) is 45.4 Å². The number of hydrogen-bond acceptors (Lipinski definition) is 0. The van der Waals surface area contributed by atoms with Crippen LogP contribution in [0.3, 0.4) is 0 Å². The molecule has 0 aromatic heterocycles. The molecule has 162 valence electrons. The van der Waals surface area contributed by atoms with Crippen LogP contribution in [0.1, 0.15) is 51.3 Å². The second-order valence-corrected chi connectivity index (χ2v) is 11.1. The molecular weight excluding hydrogens is 396 g/mol. The van der Waals surface area contributed by atoms with Gasteiger partial charge in [0.25, 0.3) is 0 Å². The SMILES string of the molecule is CC(C)(C)c1ccc2c(c1)-c1ccc3c(cc(-c4ccccc4)c4ccccc43)c1C2(C)C. The van der Waals surface area contributed by atoms with E-state index in [-0.39, 0.29) is 10.8 Å². The molecule has 0 heteroatoms. The summed E-state index contributed by atoms with van der Waals surface area (Å²) in [7, 11) is 0. The molecular formula is C33H30. The molecule has 0 N–H and O–H groups in total. The second-order valence-electron chi connectivity index (χ2n) is 11.1. The summed E-state index contributed by atoms with van der Waals surface area (Å²) in [6.07, 6.45) is 0. The Morgan fingerprint density at radius 1 is 0.545 bits per heavy atom. The van der Waals surface area contributed by atoms with Crippen LogP contribution in [-0.4, -0.2) is 0 Å². The van der Waals surface area contributed by atoms with Gasteiger partial charge in [0, 0.05) is 5.41 Å². The van der Waals surface area contributed by atoms with Gasteiger partial charge in [0.15, 0.2) is 0 Å². The Morgan fingerprint density at radius 2 is 1.21 bits per heavy atom. The Bertz CT molecular complexity index is 1540. The average molecular weight is 427 g/mol. The van der Waals surface area contributed by atoms with E-state index < -0.39 is 0 Å². The van der Waals surface area contributed by atoms with Crippen LogP contribution < -0.4 is 0 Å². The molecule has 33 heavy (non-hydrogen) atoms. The Hall–Kier alpha value is -3.38.